The van der Waals surface area contributed by atoms with E-state index in [-0.39, 0.29) is 12.1 Å². The van der Waals surface area contributed by atoms with Crippen LogP contribution in [0.25, 0.3) is 0 Å². The van der Waals surface area contributed by atoms with Crippen LogP contribution in [0, 0.1) is 5.82 Å². The van der Waals surface area contributed by atoms with E-state index in [1.165, 1.54) is 0 Å². The molecular weight excluding hydrogens is 252 g/mol. The maximum absolute atomic E-state index is 13.0. The van der Waals surface area contributed by atoms with Crippen molar-refractivity contribution in [1.29, 1.82) is 0 Å². The fraction of sp³-hybridized carbons (Fsp3) is 0.364. The summed E-state index contributed by atoms with van der Waals surface area (Å²) in [5, 5.41) is 2.26. The number of halogens is 4. The summed E-state index contributed by atoms with van der Waals surface area (Å²) in [4.78, 5) is 11.3. The smallest absolute Gasteiger partial charge is 0.330 e. The van der Waals surface area contributed by atoms with Gasteiger partial charge in [0.15, 0.2) is 0 Å². The number of carbonyl (C=O) groups is 1. The minimum absolute atomic E-state index is 0.0919. The minimum Gasteiger partial charge on any atom is -0.330 e. The zero-order chi connectivity index (χ0) is 13.8. The summed E-state index contributed by atoms with van der Waals surface area (Å²) in [6, 6.07) is 2.31. The van der Waals surface area contributed by atoms with Crippen LogP contribution >= 0.6 is 0 Å². The Kier molecular flexibility index (Phi) is 4.66. The van der Waals surface area contributed by atoms with E-state index in [0.717, 1.165) is 6.07 Å². The lowest BCUT2D eigenvalue weighted by atomic mass is 10.1. The normalized spacial score (nSPS) is 11.4. The molecule has 1 rings (SSSR count). The van der Waals surface area contributed by atoms with E-state index in [9.17, 15) is 22.4 Å². The lowest BCUT2D eigenvalue weighted by molar-refractivity contribution is -0.140. The van der Waals surface area contributed by atoms with Gasteiger partial charge in [0.05, 0.1) is 5.56 Å². The Labute approximate surface area is 101 Å². The minimum atomic E-state index is -4.79. The van der Waals surface area contributed by atoms with Gasteiger partial charge in [0.2, 0.25) is 5.91 Å². The molecule has 0 saturated heterocycles. The third kappa shape index (κ3) is 3.99. The standard InChI is InChI=1S/C11H12F4N2O/c12-9-4-3-7(6-8(9)11(13,14)15)17-10(18)2-1-5-16/h3-4,6H,1-2,5,16H2,(H,17,18). The van der Waals surface area contributed by atoms with Crippen LogP contribution in [0.1, 0.15) is 18.4 Å². The number of nitrogens with two attached hydrogens (primary N) is 1. The number of alkyl halides is 3. The summed E-state index contributed by atoms with van der Waals surface area (Å²) in [7, 11) is 0. The van der Waals surface area contributed by atoms with Gasteiger partial charge in [-0.05, 0) is 31.2 Å². The van der Waals surface area contributed by atoms with Crippen LogP contribution in [0.3, 0.4) is 0 Å². The van der Waals surface area contributed by atoms with Crippen LogP contribution in [0.2, 0.25) is 0 Å². The van der Waals surface area contributed by atoms with Crippen molar-refractivity contribution in [2.45, 2.75) is 19.0 Å². The lowest BCUT2D eigenvalue weighted by Gasteiger charge is -2.10. The molecule has 0 fully saturated rings. The monoisotopic (exact) mass is 264 g/mol. The molecule has 0 atom stereocenters. The van der Waals surface area contributed by atoms with Crippen molar-refractivity contribution in [2.75, 3.05) is 11.9 Å². The predicted molar refractivity (Wildman–Crippen MR) is 58.3 cm³/mol. The van der Waals surface area contributed by atoms with Crippen LogP contribution in [0.15, 0.2) is 18.2 Å². The van der Waals surface area contributed by atoms with Crippen molar-refractivity contribution in [3.63, 3.8) is 0 Å². The summed E-state index contributed by atoms with van der Waals surface area (Å²) in [6.45, 7) is 0.310. The fourth-order valence-corrected chi connectivity index (χ4v) is 1.31. The van der Waals surface area contributed by atoms with Gasteiger partial charge in [0.1, 0.15) is 5.82 Å². The third-order valence-corrected chi connectivity index (χ3v) is 2.16. The number of rotatable bonds is 4. The van der Waals surface area contributed by atoms with E-state index >= 15 is 0 Å². The fourth-order valence-electron chi connectivity index (χ4n) is 1.31. The molecule has 3 nitrogen and oxygen atoms in total. The zero-order valence-corrected chi connectivity index (χ0v) is 9.35. The molecule has 1 amide bonds. The van der Waals surface area contributed by atoms with Crippen LogP contribution in [0.5, 0.6) is 0 Å². The second kappa shape index (κ2) is 5.81. The van der Waals surface area contributed by atoms with E-state index in [1.54, 1.807) is 0 Å². The number of nitrogens with one attached hydrogen (secondary N) is 1. The topological polar surface area (TPSA) is 55.1 Å². The molecule has 100 valence electrons. The van der Waals surface area contributed by atoms with Gasteiger partial charge in [-0.2, -0.15) is 13.2 Å². The van der Waals surface area contributed by atoms with Crippen molar-refractivity contribution in [2.24, 2.45) is 5.73 Å². The average molecular weight is 264 g/mol. The van der Waals surface area contributed by atoms with Crippen molar-refractivity contribution in [1.82, 2.24) is 0 Å². The second-order valence-corrected chi connectivity index (χ2v) is 3.63. The highest BCUT2D eigenvalue weighted by Crippen LogP contribution is 2.32. The van der Waals surface area contributed by atoms with Gasteiger partial charge in [-0.1, -0.05) is 0 Å². The van der Waals surface area contributed by atoms with Crippen molar-refractivity contribution in [3.8, 4) is 0 Å². The molecule has 3 N–H and O–H groups in total. The molecule has 0 heterocycles. The first kappa shape index (κ1) is 14.4. The lowest BCUT2D eigenvalue weighted by Crippen LogP contribution is -2.15. The average Bonchev–Trinajstić information content (AvgIpc) is 2.27. The summed E-state index contributed by atoms with van der Waals surface area (Å²) in [5.74, 6) is -1.83. The SMILES string of the molecule is NCCCC(=O)Nc1ccc(F)c(C(F)(F)F)c1. The predicted octanol–water partition coefficient (Wildman–Crippen LogP) is 2.52. The summed E-state index contributed by atoms with van der Waals surface area (Å²) in [6.07, 6.45) is -4.25. The summed E-state index contributed by atoms with van der Waals surface area (Å²) in [5.41, 5.74) is 3.70. The molecule has 18 heavy (non-hydrogen) atoms. The van der Waals surface area contributed by atoms with Crippen molar-refractivity contribution < 1.29 is 22.4 Å². The molecule has 0 unspecified atom stereocenters. The Bertz CT molecular complexity index is 432. The van der Waals surface area contributed by atoms with E-state index in [2.05, 4.69) is 5.32 Å². The van der Waals surface area contributed by atoms with Gasteiger partial charge >= 0.3 is 6.18 Å². The molecule has 1 aromatic rings. The van der Waals surface area contributed by atoms with Crippen LogP contribution in [0.4, 0.5) is 23.2 Å². The Balaban J connectivity index is 2.83. The Morgan fingerprint density at radius 3 is 2.56 bits per heavy atom. The molecule has 0 aromatic heterocycles. The largest absolute Gasteiger partial charge is 0.419 e. The maximum atomic E-state index is 13.0. The molecule has 0 bridgehead atoms. The van der Waals surface area contributed by atoms with Gasteiger partial charge < -0.3 is 11.1 Å². The Hall–Kier alpha value is -1.63. The molecule has 0 spiro atoms. The maximum Gasteiger partial charge on any atom is 0.419 e. The number of hydrogen-bond donors (Lipinski definition) is 2. The van der Waals surface area contributed by atoms with E-state index < -0.39 is 23.5 Å². The quantitative estimate of drug-likeness (QED) is 0.821. The summed E-state index contributed by atoms with van der Waals surface area (Å²) < 4.78 is 50.2. The Morgan fingerprint density at radius 2 is 2.00 bits per heavy atom. The number of amides is 1. The zero-order valence-electron chi connectivity index (χ0n) is 9.35. The van der Waals surface area contributed by atoms with E-state index in [1.807, 2.05) is 0 Å². The Morgan fingerprint density at radius 1 is 1.33 bits per heavy atom. The number of benzene rings is 1. The van der Waals surface area contributed by atoms with Gasteiger partial charge in [-0.15, -0.1) is 0 Å². The number of anilines is 1. The molecule has 0 aliphatic heterocycles. The van der Waals surface area contributed by atoms with Crippen LogP contribution in [-0.2, 0) is 11.0 Å². The number of hydrogen-bond acceptors (Lipinski definition) is 2. The van der Waals surface area contributed by atoms with Crippen LogP contribution in [-0.4, -0.2) is 12.5 Å². The van der Waals surface area contributed by atoms with Gasteiger partial charge in [-0.3, -0.25) is 4.79 Å². The molecule has 0 aliphatic rings. The first-order valence-corrected chi connectivity index (χ1v) is 5.21. The molecule has 0 aliphatic carbocycles. The molecule has 0 saturated carbocycles. The van der Waals surface area contributed by atoms with Gasteiger partial charge in [0, 0.05) is 12.1 Å². The first-order valence-electron chi connectivity index (χ1n) is 5.21. The first-order chi connectivity index (χ1) is 8.34. The van der Waals surface area contributed by atoms with Crippen molar-refractivity contribution in [3.05, 3.63) is 29.6 Å². The van der Waals surface area contributed by atoms with Crippen molar-refractivity contribution >= 4 is 11.6 Å². The van der Waals surface area contributed by atoms with Gasteiger partial charge in [0.25, 0.3) is 0 Å². The van der Waals surface area contributed by atoms with Gasteiger partial charge in [-0.25, -0.2) is 4.39 Å². The molecule has 7 heteroatoms. The highest BCUT2D eigenvalue weighted by Gasteiger charge is 2.34. The van der Waals surface area contributed by atoms with Crippen LogP contribution < -0.4 is 11.1 Å². The number of carbonyl (C=O) groups excluding carboxylic acids is 1. The van der Waals surface area contributed by atoms with E-state index in [4.69, 9.17) is 5.73 Å². The third-order valence-electron chi connectivity index (χ3n) is 2.16. The summed E-state index contributed by atoms with van der Waals surface area (Å²) >= 11 is 0. The highest BCUT2D eigenvalue weighted by molar-refractivity contribution is 5.90. The molecular formula is C11H12F4N2O. The van der Waals surface area contributed by atoms with E-state index in [0.29, 0.717) is 25.1 Å². The molecule has 1 aromatic carbocycles. The highest BCUT2D eigenvalue weighted by atomic mass is 19.4. The second-order valence-electron chi connectivity index (χ2n) is 3.63. The molecule has 0 radical (unpaired) electrons.